The largest absolute Gasteiger partial charge is 0.459 e. The van der Waals surface area contributed by atoms with Crippen molar-refractivity contribution in [1.82, 2.24) is 9.38 Å². The lowest BCUT2D eigenvalue weighted by Gasteiger charge is -2.07. The molecular weight excluding hydrogens is 287 g/mol. The van der Waals surface area contributed by atoms with Crippen LogP contribution in [0.3, 0.4) is 0 Å². The van der Waals surface area contributed by atoms with Crippen LogP contribution in [0.25, 0.3) is 5.65 Å². The number of nitrogens with zero attached hydrogens (tertiary/aromatic N) is 2. The molecule has 6 heteroatoms. The molecule has 0 amide bonds. The van der Waals surface area contributed by atoms with Gasteiger partial charge in [0.25, 0.3) is 0 Å². The molecule has 0 saturated carbocycles. The fourth-order valence-electron chi connectivity index (χ4n) is 1.60. The van der Waals surface area contributed by atoms with Crippen molar-refractivity contribution >= 4 is 34.8 Å². The van der Waals surface area contributed by atoms with E-state index in [2.05, 4.69) is 4.98 Å². The first-order chi connectivity index (χ1) is 9.01. The van der Waals surface area contributed by atoms with Gasteiger partial charge in [-0.2, -0.15) is 0 Å². The van der Waals surface area contributed by atoms with E-state index in [4.69, 9.17) is 27.9 Å². The Balaban J connectivity index is 2.14. The van der Waals surface area contributed by atoms with Gasteiger partial charge in [0, 0.05) is 12.4 Å². The number of carbonyl (C=O) groups is 1. The highest BCUT2D eigenvalue weighted by Gasteiger charge is 2.13. The molecule has 1 unspecified atom stereocenters. The Labute approximate surface area is 121 Å². The molecule has 2 aromatic heterocycles. The van der Waals surface area contributed by atoms with Crippen LogP contribution < -0.4 is 0 Å². The fourth-order valence-corrected chi connectivity index (χ4v) is 2.13. The van der Waals surface area contributed by atoms with E-state index in [0.29, 0.717) is 21.4 Å². The second-order valence-corrected chi connectivity index (χ2v) is 5.23. The fraction of sp³-hybridized carbons (Fsp3) is 0.385. The summed E-state index contributed by atoms with van der Waals surface area (Å²) in [5.74, 6) is -0.321. The van der Waals surface area contributed by atoms with Crippen molar-refractivity contribution in [2.75, 3.05) is 0 Å². The highest BCUT2D eigenvalue weighted by molar-refractivity contribution is 6.36. The second kappa shape index (κ2) is 5.80. The molecule has 2 aromatic rings. The van der Waals surface area contributed by atoms with Gasteiger partial charge in [0.15, 0.2) is 5.65 Å². The van der Waals surface area contributed by atoms with E-state index >= 15 is 0 Å². The van der Waals surface area contributed by atoms with Crippen LogP contribution in [0.1, 0.15) is 26.0 Å². The molecule has 0 aliphatic heterocycles. The maximum Gasteiger partial charge on any atom is 0.309 e. The zero-order valence-corrected chi connectivity index (χ0v) is 12.2. The van der Waals surface area contributed by atoms with E-state index in [1.807, 2.05) is 13.8 Å². The van der Waals surface area contributed by atoms with Crippen LogP contribution in [-0.4, -0.2) is 15.4 Å². The van der Waals surface area contributed by atoms with Crippen molar-refractivity contribution in [3.8, 4) is 0 Å². The first kappa shape index (κ1) is 14.2. The molecule has 0 saturated heterocycles. The summed E-state index contributed by atoms with van der Waals surface area (Å²) in [7, 11) is 0. The number of carbonyl (C=O) groups excluding carboxylic acids is 1. The third kappa shape index (κ3) is 3.19. The van der Waals surface area contributed by atoms with Crippen molar-refractivity contribution in [3.05, 3.63) is 34.2 Å². The van der Waals surface area contributed by atoms with Crippen LogP contribution >= 0.6 is 23.2 Å². The molecule has 2 heterocycles. The topological polar surface area (TPSA) is 43.6 Å². The van der Waals surface area contributed by atoms with Crippen molar-refractivity contribution < 1.29 is 9.53 Å². The molecule has 0 N–H and O–H groups in total. The van der Waals surface area contributed by atoms with Crippen LogP contribution in [0, 0.1) is 5.92 Å². The van der Waals surface area contributed by atoms with Gasteiger partial charge < -0.3 is 9.14 Å². The number of halogens is 2. The van der Waals surface area contributed by atoms with E-state index < -0.39 is 0 Å². The molecule has 0 fully saturated rings. The molecule has 4 nitrogen and oxygen atoms in total. The van der Waals surface area contributed by atoms with E-state index in [1.165, 1.54) is 0 Å². The zero-order chi connectivity index (χ0) is 14.0. The lowest BCUT2D eigenvalue weighted by molar-refractivity contribution is -0.149. The molecule has 1 atom stereocenters. The Bertz CT molecular complexity index is 610. The molecule has 0 radical (unpaired) electrons. The van der Waals surface area contributed by atoms with Gasteiger partial charge in [-0.05, 0) is 12.5 Å². The minimum Gasteiger partial charge on any atom is -0.459 e. The molecular formula is C13H14Cl2N2O2. The first-order valence-corrected chi connectivity index (χ1v) is 6.76. The lowest BCUT2D eigenvalue weighted by atomic mass is 10.1. The number of rotatable bonds is 4. The quantitative estimate of drug-likeness (QED) is 0.808. The molecule has 19 heavy (non-hydrogen) atoms. The van der Waals surface area contributed by atoms with Crippen molar-refractivity contribution in [1.29, 1.82) is 0 Å². The first-order valence-electron chi connectivity index (χ1n) is 6.00. The van der Waals surface area contributed by atoms with Crippen LogP contribution in [0.5, 0.6) is 0 Å². The van der Waals surface area contributed by atoms with Gasteiger partial charge >= 0.3 is 5.97 Å². The van der Waals surface area contributed by atoms with Crippen molar-refractivity contribution in [2.45, 2.75) is 26.9 Å². The third-order valence-corrected chi connectivity index (χ3v) is 3.38. The van der Waals surface area contributed by atoms with Crippen LogP contribution in [0.4, 0.5) is 0 Å². The second-order valence-electron chi connectivity index (χ2n) is 4.39. The highest BCUT2D eigenvalue weighted by atomic mass is 35.5. The SMILES string of the molecule is CCC(C)C(=O)OCc1cn2cc(Cl)cc(Cl)c2n1. The summed E-state index contributed by atoms with van der Waals surface area (Å²) in [5.41, 5.74) is 1.24. The number of ether oxygens (including phenoxy) is 1. The van der Waals surface area contributed by atoms with E-state index in [1.54, 1.807) is 22.9 Å². The molecule has 0 aliphatic rings. The highest BCUT2D eigenvalue weighted by Crippen LogP contribution is 2.22. The number of fused-ring (bicyclic) bond motifs is 1. The smallest absolute Gasteiger partial charge is 0.309 e. The standard InChI is InChI=1S/C13H14Cl2N2O2/c1-3-8(2)13(18)19-7-10-6-17-5-9(14)4-11(15)12(17)16-10/h4-6,8H,3,7H2,1-2H3. The average molecular weight is 301 g/mol. The predicted molar refractivity (Wildman–Crippen MR) is 74.5 cm³/mol. The summed E-state index contributed by atoms with van der Waals surface area (Å²) in [5, 5.41) is 0.991. The number of pyridine rings is 1. The van der Waals surface area contributed by atoms with Crippen LogP contribution in [0.15, 0.2) is 18.5 Å². The predicted octanol–water partition coefficient (Wildman–Crippen LogP) is 3.73. The molecule has 0 aliphatic carbocycles. The molecule has 0 spiro atoms. The summed E-state index contributed by atoms with van der Waals surface area (Å²) < 4.78 is 6.91. The molecule has 102 valence electrons. The monoisotopic (exact) mass is 300 g/mol. The zero-order valence-electron chi connectivity index (χ0n) is 10.7. The van der Waals surface area contributed by atoms with Gasteiger partial charge in [-0.25, -0.2) is 4.98 Å². The van der Waals surface area contributed by atoms with Crippen LogP contribution in [0.2, 0.25) is 10.0 Å². The summed E-state index contributed by atoms with van der Waals surface area (Å²) in [6, 6.07) is 1.63. The lowest BCUT2D eigenvalue weighted by Crippen LogP contribution is -2.13. The van der Waals surface area contributed by atoms with Gasteiger partial charge in [0.05, 0.1) is 21.7 Å². The Kier molecular flexibility index (Phi) is 4.32. The minimum absolute atomic E-state index is 0.102. The molecule has 0 bridgehead atoms. The number of hydrogen-bond acceptors (Lipinski definition) is 3. The number of esters is 1. The Morgan fingerprint density at radius 3 is 2.89 bits per heavy atom. The summed E-state index contributed by atoms with van der Waals surface area (Å²) in [4.78, 5) is 15.9. The van der Waals surface area contributed by atoms with Crippen molar-refractivity contribution in [3.63, 3.8) is 0 Å². The van der Waals surface area contributed by atoms with Crippen molar-refractivity contribution in [2.24, 2.45) is 5.92 Å². The maximum absolute atomic E-state index is 11.6. The van der Waals surface area contributed by atoms with Crippen LogP contribution in [-0.2, 0) is 16.1 Å². The third-order valence-electron chi connectivity index (χ3n) is 2.90. The number of imidazole rings is 1. The summed E-state index contributed by atoms with van der Waals surface area (Å²) in [6.07, 6.45) is 4.21. The summed E-state index contributed by atoms with van der Waals surface area (Å²) >= 11 is 11.9. The van der Waals surface area contributed by atoms with Gasteiger partial charge in [0.1, 0.15) is 6.61 Å². The number of hydrogen-bond donors (Lipinski definition) is 0. The van der Waals surface area contributed by atoms with E-state index in [-0.39, 0.29) is 18.5 Å². The van der Waals surface area contributed by atoms with Gasteiger partial charge in [0.2, 0.25) is 0 Å². The average Bonchev–Trinajstić information content (AvgIpc) is 2.78. The van der Waals surface area contributed by atoms with E-state index in [9.17, 15) is 4.79 Å². The maximum atomic E-state index is 11.6. The normalized spacial score (nSPS) is 12.6. The summed E-state index contributed by atoms with van der Waals surface area (Å²) in [6.45, 7) is 3.92. The Morgan fingerprint density at radius 1 is 1.47 bits per heavy atom. The van der Waals surface area contributed by atoms with Gasteiger partial charge in [-0.3, -0.25) is 4.79 Å². The van der Waals surface area contributed by atoms with Gasteiger partial charge in [-0.15, -0.1) is 0 Å². The molecule has 0 aromatic carbocycles. The molecule has 2 rings (SSSR count). The van der Waals surface area contributed by atoms with Gasteiger partial charge in [-0.1, -0.05) is 37.0 Å². The Hall–Kier alpha value is -1.26. The minimum atomic E-state index is -0.219. The van der Waals surface area contributed by atoms with E-state index in [0.717, 1.165) is 6.42 Å². The Morgan fingerprint density at radius 2 is 2.21 bits per heavy atom. The number of aromatic nitrogens is 2.